The molecule has 0 N–H and O–H groups in total. The summed E-state index contributed by atoms with van der Waals surface area (Å²) in [5, 5.41) is 1.98. The summed E-state index contributed by atoms with van der Waals surface area (Å²) in [7, 11) is 0. The Morgan fingerprint density at radius 3 is 3.05 bits per heavy atom. The Balaban J connectivity index is 1.71. The molecule has 6 nitrogen and oxygen atoms in total. The molecule has 3 saturated heterocycles. The van der Waals surface area contributed by atoms with E-state index in [1.165, 1.54) is 11.3 Å². The lowest BCUT2D eigenvalue weighted by molar-refractivity contribution is -0.140. The highest BCUT2D eigenvalue weighted by atomic mass is 32.1. The number of nitrogens with zero attached hydrogens (tertiary/aromatic N) is 3. The van der Waals surface area contributed by atoms with Crippen molar-refractivity contribution < 1.29 is 14.3 Å². The minimum atomic E-state index is -0.0806. The zero-order valence-corrected chi connectivity index (χ0v) is 13.6. The maximum Gasteiger partial charge on any atom is 0.248 e. The van der Waals surface area contributed by atoms with Gasteiger partial charge >= 0.3 is 0 Å². The van der Waals surface area contributed by atoms with Crippen LogP contribution in [0.1, 0.15) is 25.5 Å². The summed E-state index contributed by atoms with van der Waals surface area (Å²) in [5.74, 6) is 0.0704. The summed E-state index contributed by atoms with van der Waals surface area (Å²) in [6.07, 6.45) is 1.83. The van der Waals surface area contributed by atoms with E-state index in [0.717, 1.165) is 18.5 Å². The lowest BCUT2D eigenvalue weighted by Crippen LogP contribution is -2.47. The minimum absolute atomic E-state index is 0.0120. The molecule has 4 heterocycles. The summed E-state index contributed by atoms with van der Waals surface area (Å²) in [4.78, 5) is 32.9. The number of hydrogen-bond donors (Lipinski definition) is 0. The van der Waals surface area contributed by atoms with Crippen LogP contribution in [0.15, 0.2) is 10.9 Å². The second kappa shape index (κ2) is 6.75. The summed E-state index contributed by atoms with van der Waals surface area (Å²) >= 11 is 1.54. The first-order valence-corrected chi connectivity index (χ1v) is 8.66. The number of aromatic nitrogens is 1. The van der Waals surface area contributed by atoms with Gasteiger partial charge in [-0.2, -0.15) is 0 Å². The fourth-order valence-electron chi connectivity index (χ4n) is 3.22. The Morgan fingerprint density at radius 2 is 2.32 bits per heavy atom. The molecule has 0 radical (unpaired) electrons. The van der Waals surface area contributed by atoms with Crippen molar-refractivity contribution in [2.75, 3.05) is 26.3 Å². The fraction of sp³-hybridized carbons (Fsp3) is 0.667. The molecule has 7 heteroatoms. The molecule has 2 bridgehead atoms. The van der Waals surface area contributed by atoms with Crippen molar-refractivity contribution >= 4 is 23.2 Å². The molecular formula is C15H21N3O3S. The third-order valence-corrected chi connectivity index (χ3v) is 5.03. The molecule has 0 saturated carbocycles. The summed E-state index contributed by atoms with van der Waals surface area (Å²) in [5.41, 5.74) is 2.71. The maximum atomic E-state index is 12.6. The Labute approximate surface area is 134 Å². The largest absolute Gasteiger partial charge is 0.372 e. The molecule has 0 spiro atoms. The number of piperidine rings is 1. The molecule has 2 amide bonds. The van der Waals surface area contributed by atoms with Crippen molar-refractivity contribution in [3.05, 3.63) is 16.6 Å². The number of hydrogen-bond acceptors (Lipinski definition) is 5. The Kier molecular flexibility index (Phi) is 4.73. The molecule has 1 aromatic rings. The van der Waals surface area contributed by atoms with Crippen molar-refractivity contribution in [3.63, 3.8) is 0 Å². The summed E-state index contributed by atoms with van der Waals surface area (Å²) in [6, 6.07) is 0.0959. The summed E-state index contributed by atoms with van der Waals surface area (Å²) in [6.45, 7) is 4.19. The SMILES string of the molecule is CCOCC(=O)N1C[C@@H]2CC[C@H](C1)N(Cc1cscn1)C2=O. The lowest BCUT2D eigenvalue weighted by Gasteiger charge is -2.35. The van der Waals surface area contributed by atoms with E-state index in [1.54, 1.807) is 10.4 Å². The van der Waals surface area contributed by atoms with Crippen molar-refractivity contribution in [2.45, 2.75) is 32.4 Å². The maximum absolute atomic E-state index is 12.6. The number of carbonyl (C=O) groups excluding carboxylic acids is 2. The predicted octanol–water partition coefficient (Wildman–Crippen LogP) is 1.13. The highest BCUT2D eigenvalue weighted by molar-refractivity contribution is 7.07. The van der Waals surface area contributed by atoms with Gasteiger partial charge in [-0.15, -0.1) is 11.3 Å². The molecule has 22 heavy (non-hydrogen) atoms. The van der Waals surface area contributed by atoms with E-state index < -0.39 is 0 Å². The first-order valence-electron chi connectivity index (χ1n) is 7.72. The minimum Gasteiger partial charge on any atom is -0.372 e. The van der Waals surface area contributed by atoms with Crippen LogP contribution in [0, 0.1) is 5.92 Å². The highest BCUT2D eigenvalue weighted by Crippen LogP contribution is 2.30. The van der Waals surface area contributed by atoms with Crippen molar-refractivity contribution in [2.24, 2.45) is 5.92 Å². The van der Waals surface area contributed by atoms with Gasteiger partial charge in [0.05, 0.1) is 23.7 Å². The molecule has 0 aliphatic carbocycles. The average molecular weight is 323 g/mol. The van der Waals surface area contributed by atoms with Crippen LogP contribution in [0.3, 0.4) is 0 Å². The zero-order valence-electron chi connectivity index (χ0n) is 12.7. The van der Waals surface area contributed by atoms with E-state index >= 15 is 0 Å². The summed E-state index contributed by atoms with van der Waals surface area (Å²) < 4.78 is 5.22. The van der Waals surface area contributed by atoms with E-state index in [0.29, 0.717) is 26.2 Å². The van der Waals surface area contributed by atoms with Gasteiger partial charge in [0.2, 0.25) is 11.8 Å². The number of ether oxygens (including phenoxy) is 1. The number of amides is 2. The van der Waals surface area contributed by atoms with Gasteiger partial charge in [0, 0.05) is 31.1 Å². The topological polar surface area (TPSA) is 62.7 Å². The van der Waals surface area contributed by atoms with Crippen LogP contribution in [0.2, 0.25) is 0 Å². The first-order chi connectivity index (χ1) is 10.7. The van der Waals surface area contributed by atoms with Crippen LogP contribution in [-0.2, 0) is 20.9 Å². The predicted molar refractivity (Wildman–Crippen MR) is 82.2 cm³/mol. The lowest BCUT2D eigenvalue weighted by atomic mass is 9.94. The second-order valence-electron chi connectivity index (χ2n) is 5.81. The van der Waals surface area contributed by atoms with Crippen LogP contribution in [0.25, 0.3) is 0 Å². The molecular weight excluding hydrogens is 302 g/mol. The standard InChI is InChI=1S/C15H21N3O3S/c1-2-21-8-14(19)17-5-11-3-4-13(7-17)18(15(11)20)6-12-9-22-10-16-12/h9-11,13H,2-8H2,1H3/t11-,13+/m0/s1. The average Bonchev–Trinajstić information content (AvgIpc) is 2.88. The fourth-order valence-corrected chi connectivity index (χ4v) is 3.77. The van der Waals surface area contributed by atoms with E-state index in [-0.39, 0.29) is 30.4 Å². The van der Waals surface area contributed by atoms with Crippen molar-refractivity contribution in [3.8, 4) is 0 Å². The monoisotopic (exact) mass is 323 g/mol. The third-order valence-electron chi connectivity index (χ3n) is 4.39. The van der Waals surface area contributed by atoms with Gasteiger partial charge in [-0.3, -0.25) is 9.59 Å². The van der Waals surface area contributed by atoms with E-state index in [1.807, 2.05) is 17.2 Å². The van der Waals surface area contributed by atoms with Gasteiger partial charge in [-0.1, -0.05) is 0 Å². The van der Waals surface area contributed by atoms with Gasteiger partial charge in [0.15, 0.2) is 0 Å². The van der Waals surface area contributed by atoms with Crippen molar-refractivity contribution in [1.82, 2.24) is 14.8 Å². The normalized spacial score (nSPS) is 24.7. The number of rotatable bonds is 5. The Hall–Kier alpha value is -1.47. The van der Waals surface area contributed by atoms with Gasteiger partial charge in [0.25, 0.3) is 0 Å². The molecule has 3 aliphatic rings. The molecule has 0 aromatic carbocycles. The van der Waals surface area contributed by atoms with E-state index in [4.69, 9.17) is 4.74 Å². The number of thiazole rings is 1. The number of fused-ring (bicyclic) bond motifs is 4. The van der Waals surface area contributed by atoms with Crippen molar-refractivity contribution in [1.29, 1.82) is 0 Å². The number of carbonyl (C=O) groups is 2. The Bertz CT molecular complexity index is 534. The van der Waals surface area contributed by atoms with Gasteiger partial charge in [-0.25, -0.2) is 4.98 Å². The van der Waals surface area contributed by atoms with Crippen LogP contribution in [-0.4, -0.2) is 58.9 Å². The first kappa shape index (κ1) is 15.4. The molecule has 2 atom stereocenters. The van der Waals surface area contributed by atoms with E-state index in [2.05, 4.69) is 4.98 Å². The van der Waals surface area contributed by atoms with Crippen LogP contribution < -0.4 is 0 Å². The van der Waals surface area contributed by atoms with Gasteiger partial charge < -0.3 is 14.5 Å². The molecule has 3 aliphatic heterocycles. The second-order valence-corrected chi connectivity index (χ2v) is 6.53. The quantitative estimate of drug-likeness (QED) is 0.815. The molecule has 0 unspecified atom stereocenters. The van der Waals surface area contributed by atoms with Gasteiger partial charge in [-0.05, 0) is 19.8 Å². The third kappa shape index (κ3) is 3.15. The zero-order chi connectivity index (χ0) is 15.5. The van der Waals surface area contributed by atoms with E-state index in [9.17, 15) is 9.59 Å². The Morgan fingerprint density at radius 1 is 1.45 bits per heavy atom. The molecule has 120 valence electrons. The molecule has 4 rings (SSSR count). The molecule has 3 fully saturated rings. The van der Waals surface area contributed by atoms with Crippen LogP contribution in [0.4, 0.5) is 0 Å². The highest BCUT2D eigenvalue weighted by Gasteiger charge is 2.41. The van der Waals surface area contributed by atoms with Crippen LogP contribution in [0.5, 0.6) is 0 Å². The van der Waals surface area contributed by atoms with Gasteiger partial charge in [0.1, 0.15) is 6.61 Å². The smallest absolute Gasteiger partial charge is 0.248 e. The van der Waals surface area contributed by atoms with Crippen LogP contribution >= 0.6 is 11.3 Å². The molecule has 1 aromatic heterocycles.